The van der Waals surface area contributed by atoms with Gasteiger partial charge < -0.3 is 9.80 Å². The monoisotopic (exact) mass is 238 g/mol. The summed E-state index contributed by atoms with van der Waals surface area (Å²) in [6, 6.07) is 0.863. The van der Waals surface area contributed by atoms with E-state index >= 15 is 0 Å². The van der Waals surface area contributed by atoms with Gasteiger partial charge in [0.2, 0.25) is 11.8 Å². The predicted molar refractivity (Wildman–Crippen MR) is 65.4 cm³/mol. The Morgan fingerprint density at radius 3 is 2.06 bits per heavy atom. The summed E-state index contributed by atoms with van der Waals surface area (Å²) in [5.41, 5.74) is 0. The molecule has 0 N–H and O–H groups in total. The second-order valence-corrected chi connectivity index (χ2v) is 5.12. The molecule has 96 valence electrons. The molecule has 0 aromatic heterocycles. The Kier molecular flexibility index (Phi) is 3.69. The third kappa shape index (κ3) is 2.79. The summed E-state index contributed by atoms with van der Waals surface area (Å²) in [4.78, 5) is 27.2. The molecular formula is C13H22N2O2. The third-order valence-corrected chi connectivity index (χ3v) is 3.83. The van der Waals surface area contributed by atoms with Crippen LogP contribution in [0.3, 0.4) is 0 Å². The Labute approximate surface area is 103 Å². The van der Waals surface area contributed by atoms with Crippen LogP contribution in [-0.4, -0.2) is 46.8 Å². The minimum atomic E-state index is 0.156. The second-order valence-electron chi connectivity index (χ2n) is 5.12. The number of nitrogens with zero attached hydrogens (tertiary/aromatic N) is 2. The normalized spacial score (nSPS) is 21.4. The van der Waals surface area contributed by atoms with Gasteiger partial charge in [0.05, 0.1) is 0 Å². The Hall–Kier alpha value is -1.06. The van der Waals surface area contributed by atoms with Crippen molar-refractivity contribution in [1.82, 2.24) is 9.80 Å². The van der Waals surface area contributed by atoms with Gasteiger partial charge in [0.25, 0.3) is 0 Å². The van der Waals surface area contributed by atoms with Crippen LogP contribution in [-0.2, 0) is 9.59 Å². The first-order valence-electron chi connectivity index (χ1n) is 6.70. The molecule has 0 atom stereocenters. The number of carbonyl (C=O) groups excluding carboxylic acids is 2. The first-order valence-corrected chi connectivity index (χ1v) is 6.70. The number of rotatable bonds is 3. The van der Waals surface area contributed by atoms with Crippen LogP contribution in [0.2, 0.25) is 0 Å². The van der Waals surface area contributed by atoms with Crippen molar-refractivity contribution in [3.05, 3.63) is 0 Å². The molecule has 0 spiro atoms. The van der Waals surface area contributed by atoms with E-state index in [0.717, 1.165) is 25.9 Å². The molecule has 1 saturated carbocycles. The van der Waals surface area contributed by atoms with Crippen molar-refractivity contribution in [3.63, 3.8) is 0 Å². The van der Waals surface area contributed by atoms with E-state index in [9.17, 15) is 9.59 Å². The van der Waals surface area contributed by atoms with E-state index in [1.165, 1.54) is 12.8 Å². The topological polar surface area (TPSA) is 40.6 Å². The molecule has 0 aromatic rings. The lowest BCUT2D eigenvalue weighted by Crippen LogP contribution is -2.49. The van der Waals surface area contributed by atoms with Crippen molar-refractivity contribution in [3.8, 4) is 0 Å². The van der Waals surface area contributed by atoms with E-state index in [4.69, 9.17) is 0 Å². The number of hydrogen-bond donors (Lipinski definition) is 0. The van der Waals surface area contributed by atoms with Crippen molar-refractivity contribution in [2.45, 2.75) is 58.0 Å². The summed E-state index contributed by atoms with van der Waals surface area (Å²) in [5.74, 6) is 0.442. The maximum absolute atomic E-state index is 12.0. The lowest BCUT2D eigenvalue weighted by atomic mass is 10.0. The van der Waals surface area contributed by atoms with Gasteiger partial charge in [0, 0.05) is 38.5 Å². The fourth-order valence-corrected chi connectivity index (χ4v) is 2.70. The molecule has 0 unspecified atom stereocenters. The molecule has 1 saturated heterocycles. The maximum Gasteiger partial charge on any atom is 0.222 e. The van der Waals surface area contributed by atoms with Gasteiger partial charge in [-0.05, 0) is 25.7 Å². The van der Waals surface area contributed by atoms with Crippen molar-refractivity contribution < 1.29 is 9.59 Å². The molecule has 0 bridgehead atoms. The van der Waals surface area contributed by atoms with E-state index in [0.29, 0.717) is 18.5 Å². The summed E-state index contributed by atoms with van der Waals surface area (Å²) in [6.07, 6.45) is 4.82. The number of amides is 2. The van der Waals surface area contributed by atoms with E-state index in [-0.39, 0.29) is 11.8 Å². The lowest BCUT2D eigenvalue weighted by Gasteiger charge is -2.38. The van der Waals surface area contributed by atoms with Crippen LogP contribution in [0.15, 0.2) is 0 Å². The van der Waals surface area contributed by atoms with Gasteiger partial charge >= 0.3 is 0 Å². The molecule has 2 rings (SSSR count). The van der Waals surface area contributed by atoms with Gasteiger partial charge in [-0.1, -0.05) is 6.92 Å². The van der Waals surface area contributed by atoms with Gasteiger partial charge in [-0.3, -0.25) is 9.59 Å². The molecule has 0 aromatic carbocycles. The highest BCUT2D eigenvalue weighted by Gasteiger charge is 2.37. The molecule has 2 aliphatic rings. The Bertz CT molecular complexity index is 305. The van der Waals surface area contributed by atoms with E-state index in [1.54, 1.807) is 6.92 Å². The highest BCUT2D eigenvalue weighted by molar-refractivity contribution is 5.77. The molecule has 0 radical (unpaired) electrons. The van der Waals surface area contributed by atoms with Crippen LogP contribution in [0.1, 0.15) is 46.0 Å². The molecular weight excluding hydrogens is 216 g/mol. The maximum atomic E-state index is 12.0. The third-order valence-electron chi connectivity index (χ3n) is 3.83. The van der Waals surface area contributed by atoms with Gasteiger partial charge in [0.1, 0.15) is 0 Å². The van der Waals surface area contributed by atoms with Crippen LogP contribution < -0.4 is 0 Å². The largest absolute Gasteiger partial charge is 0.343 e. The molecule has 4 nitrogen and oxygen atoms in total. The molecule has 1 aliphatic heterocycles. The molecule has 2 fully saturated rings. The minimum Gasteiger partial charge on any atom is -0.343 e. The number of piperidine rings is 1. The minimum absolute atomic E-state index is 0.156. The van der Waals surface area contributed by atoms with Crippen molar-refractivity contribution in [2.24, 2.45) is 0 Å². The van der Waals surface area contributed by atoms with Crippen molar-refractivity contribution >= 4 is 11.8 Å². The Morgan fingerprint density at radius 2 is 1.65 bits per heavy atom. The summed E-state index contributed by atoms with van der Waals surface area (Å²) >= 11 is 0. The highest BCUT2D eigenvalue weighted by Crippen LogP contribution is 2.32. The van der Waals surface area contributed by atoms with Crippen LogP contribution in [0.5, 0.6) is 0 Å². The summed E-state index contributed by atoms with van der Waals surface area (Å²) in [7, 11) is 0. The SMILES string of the molecule is CCC(=O)N(C1CC1)C1CCN(C(C)=O)CC1. The molecule has 2 amide bonds. The Morgan fingerprint density at radius 1 is 1.12 bits per heavy atom. The lowest BCUT2D eigenvalue weighted by molar-refractivity contribution is -0.136. The van der Waals surface area contributed by atoms with Gasteiger partial charge in [0.15, 0.2) is 0 Å². The zero-order chi connectivity index (χ0) is 12.4. The number of carbonyl (C=O) groups is 2. The van der Waals surface area contributed by atoms with E-state index < -0.39 is 0 Å². The van der Waals surface area contributed by atoms with Gasteiger partial charge in [-0.2, -0.15) is 0 Å². The quantitative estimate of drug-likeness (QED) is 0.745. The molecule has 17 heavy (non-hydrogen) atoms. The molecule has 1 aliphatic carbocycles. The highest BCUT2D eigenvalue weighted by atomic mass is 16.2. The van der Waals surface area contributed by atoms with Gasteiger partial charge in [-0.25, -0.2) is 0 Å². The van der Waals surface area contributed by atoms with Crippen LogP contribution in [0.4, 0.5) is 0 Å². The first kappa shape index (κ1) is 12.4. The fraction of sp³-hybridized carbons (Fsp3) is 0.846. The van der Waals surface area contributed by atoms with Crippen molar-refractivity contribution in [2.75, 3.05) is 13.1 Å². The first-order chi connectivity index (χ1) is 8.13. The van der Waals surface area contributed by atoms with E-state index in [1.807, 2.05) is 11.8 Å². The van der Waals surface area contributed by atoms with E-state index in [2.05, 4.69) is 4.90 Å². The molecule has 1 heterocycles. The second kappa shape index (κ2) is 5.07. The predicted octanol–water partition coefficient (Wildman–Crippen LogP) is 1.40. The van der Waals surface area contributed by atoms with Gasteiger partial charge in [-0.15, -0.1) is 0 Å². The van der Waals surface area contributed by atoms with Crippen LogP contribution in [0.25, 0.3) is 0 Å². The number of hydrogen-bond acceptors (Lipinski definition) is 2. The Balaban J connectivity index is 1.93. The number of likely N-dealkylation sites (tertiary alicyclic amines) is 1. The van der Waals surface area contributed by atoms with Crippen molar-refractivity contribution in [1.29, 1.82) is 0 Å². The zero-order valence-electron chi connectivity index (χ0n) is 10.8. The summed E-state index contributed by atoms with van der Waals surface area (Å²) < 4.78 is 0. The zero-order valence-corrected chi connectivity index (χ0v) is 10.8. The average molecular weight is 238 g/mol. The standard InChI is InChI=1S/C13H22N2O2/c1-3-13(17)15(11-4-5-11)12-6-8-14(9-7-12)10(2)16/h11-12H,3-9H2,1-2H3. The summed E-state index contributed by atoms with van der Waals surface area (Å²) in [5, 5.41) is 0. The van der Waals surface area contributed by atoms with Crippen LogP contribution >= 0.6 is 0 Å². The van der Waals surface area contributed by atoms with Crippen LogP contribution in [0, 0.1) is 0 Å². The molecule has 4 heteroatoms. The average Bonchev–Trinajstić information content (AvgIpc) is 3.14. The smallest absolute Gasteiger partial charge is 0.222 e. The summed E-state index contributed by atoms with van der Waals surface area (Å²) in [6.45, 7) is 5.17. The fourth-order valence-electron chi connectivity index (χ4n) is 2.70.